The first-order valence-corrected chi connectivity index (χ1v) is 6.02. The maximum Gasteiger partial charge on any atom is 0.253 e. The molecule has 98 valence electrons. The second-order valence-corrected chi connectivity index (χ2v) is 4.82. The second kappa shape index (κ2) is 5.14. The lowest BCUT2D eigenvalue weighted by Crippen LogP contribution is -2.43. The van der Waals surface area contributed by atoms with Crippen LogP contribution in [0.1, 0.15) is 16.8 Å². The maximum absolute atomic E-state index is 11.9. The zero-order valence-corrected chi connectivity index (χ0v) is 10.5. The van der Waals surface area contributed by atoms with E-state index in [0.29, 0.717) is 23.6 Å². The topological polar surface area (TPSA) is 84.6 Å². The first-order valence-electron chi connectivity index (χ1n) is 5.64. The van der Waals surface area contributed by atoms with Crippen molar-refractivity contribution >= 4 is 23.2 Å². The molecule has 5 nitrogen and oxygen atoms in total. The molecule has 18 heavy (non-hydrogen) atoms. The minimum absolute atomic E-state index is 0.137. The number of anilines is 1. The molecule has 1 aliphatic heterocycles. The average Bonchev–Trinajstić information content (AvgIpc) is 2.77. The van der Waals surface area contributed by atoms with Crippen molar-refractivity contribution in [2.24, 2.45) is 0 Å². The van der Waals surface area contributed by atoms with E-state index in [4.69, 9.17) is 22.1 Å². The molecule has 1 unspecified atom stereocenters. The molecule has 1 heterocycles. The van der Waals surface area contributed by atoms with Gasteiger partial charge in [0.25, 0.3) is 5.91 Å². The van der Waals surface area contributed by atoms with Crippen LogP contribution in [0.3, 0.4) is 0 Å². The minimum atomic E-state index is -0.983. The first kappa shape index (κ1) is 13.1. The Kier molecular flexibility index (Phi) is 3.75. The molecule has 0 aliphatic carbocycles. The summed E-state index contributed by atoms with van der Waals surface area (Å²) in [6.45, 7) is 0.877. The highest BCUT2D eigenvalue weighted by atomic mass is 35.5. The summed E-state index contributed by atoms with van der Waals surface area (Å²) in [5.41, 5.74) is 5.29. The second-order valence-electron chi connectivity index (χ2n) is 4.41. The molecular formula is C12H15ClN2O3. The van der Waals surface area contributed by atoms with Gasteiger partial charge in [-0.25, -0.2) is 0 Å². The lowest BCUT2D eigenvalue weighted by molar-refractivity contribution is 0.0265. The number of rotatable bonds is 3. The average molecular weight is 271 g/mol. The van der Waals surface area contributed by atoms with E-state index in [2.05, 4.69) is 5.32 Å². The highest BCUT2D eigenvalue weighted by Crippen LogP contribution is 2.22. The Morgan fingerprint density at radius 3 is 3.06 bits per heavy atom. The molecule has 1 aromatic rings. The van der Waals surface area contributed by atoms with E-state index in [-0.39, 0.29) is 24.7 Å². The van der Waals surface area contributed by atoms with E-state index in [1.54, 1.807) is 18.2 Å². The molecule has 1 aromatic carbocycles. The molecule has 0 spiro atoms. The molecule has 1 fully saturated rings. The number of para-hydroxylation sites is 1. The molecule has 0 saturated carbocycles. The number of nitrogen functional groups attached to an aromatic ring is 1. The third-order valence-electron chi connectivity index (χ3n) is 2.96. The molecule has 4 N–H and O–H groups in total. The Balaban J connectivity index is 2.01. The van der Waals surface area contributed by atoms with Crippen LogP contribution in [0.25, 0.3) is 0 Å². The fourth-order valence-electron chi connectivity index (χ4n) is 1.81. The van der Waals surface area contributed by atoms with E-state index in [1.807, 2.05) is 0 Å². The Hall–Kier alpha value is -1.30. The summed E-state index contributed by atoms with van der Waals surface area (Å²) in [5, 5.41) is 13.0. The molecule has 6 heteroatoms. The lowest BCUT2D eigenvalue weighted by atomic mass is 10.0. The quantitative estimate of drug-likeness (QED) is 0.710. The Morgan fingerprint density at radius 1 is 1.61 bits per heavy atom. The first-order chi connectivity index (χ1) is 8.52. The molecule has 1 saturated heterocycles. The summed E-state index contributed by atoms with van der Waals surface area (Å²) < 4.78 is 5.09. The third kappa shape index (κ3) is 2.75. The van der Waals surface area contributed by atoms with Crippen molar-refractivity contribution in [2.75, 3.05) is 25.5 Å². The van der Waals surface area contributed by atoms with Crippen LogP contribution in [0.2, 0.25) is 5.02 Å². The molecule has 0 aromatic heterocycles. The monoisotopic (exact) mass is 270 g/mol. The standard InChI is InChI=1S/C12H15ClN2O3/c13-9-3-1-2-8(10(9)14)11(16)15-6-12(17)4-5-18-7-12/h1-3,17H,4-7,14H2,(H,15,16). The predicted molar refractivity (Wildman–Crippen MR) is 68.6 cm³/mol. The van der Waals surface area contributed by atoms with Crippen molar-refractivity contribution in [3.63, 3.8) is 0 Å². The number of carbonyl (C=O) groups excluding carboxylic acids is 1. The molecule has 1 aliphatic rings. The van der Waals surface area contributed by atoms with Crippen LogP contribution in [-0.4, -0.2) is 36.4 Å². The summed E-state index contributed by atoms with van der Waals surface area (Å²) in [6, 6.07) is 4.86. The number of benzene rings is 1. The van der Waals surface area contributed by atoms with E-state index in [1.165, 1.54) is 0 Å². The van der Waals surface area contributed by atoms with Crippen LogP contribution in [0.15, 0.2) is 18.2 Å². The van der Waals surface area contributed by atoms with Crippen LogP contribution in [0, 0.1) is 0 Å². The molecule has 0 radical (unpaired) electrons. The van der Waals surface area contributed by atoms with E-state index < -0.39 is 5.60 Å². The predicted octanol–water partition coefficient (Wildman–Crippen LogP) is 0.803. The van der Waals surface area contributed by atoms with Crippen molar-refractivity contribution in [3.05, 3.63) is 28.8 Å². The van der Waals surface area contributed by atoms with Crippen LogP contribution in [0.5, 0.6) is 0 Å². The number of aliphatic hydroxyl groups is 1. The van der Waals surface area contributed by atoms with Crippen molar-refractivity contribution < 1.29 is 14.6 Å². The fraction of sp³-hybridized carbons (Fsp3) is 0.417. The van der Waals surface area contributed by atoms with Gasteiger partial charge in [0.2, 0.25) is 0 Å². The van der Waals surface area contributed by atoms with Crippen LogP contribution in [0.4, 0.5) is 5.69 Å². The summed E-state index contributed by atoms with van der Waals surface area (Å²) >= 11 is 5.84. The Bertz CT molecular complexity index is 459. The number of halogens is 1. The SMILES string of the molecule is Nc1c(Cl)cccc1C(=O)NCC1(O)CCOC1. The highest BCUT2D eigenvalue weighted by molar-refractivity contribution is 6.33. The number of carbonyl (C=O) groups is 1. The van der Waals surface area contributed by atoms with E-state index in [0.717, 1.165) is 0 Å². The minimum Gasteiger partial charge on any atom is -0.397 e. The smallest absolute Gasteiger partial charge is 0.253 e. The van der Waals surface area contributed by atoms with Crippen molar-refractivity contribution in [2.45, 2.75) is 12.0 Å². The highest BCUT2D eigenvalue weighted by Gasteiger charge is 2.32. The molecule has 2 rings (SSSR count). The van der Waals surface area contributed by atoms with Crippen molar-refractivity contribution in [1.82, 2.24) is 5.32 Å². The fourth-order valence-corrected chi connectivity index (χ4v) is 1.99. The van der Waals surface area contributed by atoms with Gasteiger partial charge in [-0.15, -0.1) is 0 Å². The zero-order chi connectivity index (χ0) is 13.2. The van der Waals surface area contributed by atoms with Gasteiger partial charge in [-0.05, 0) is 12.1 Å². The van der Waals surface area contributed by atoms with Crippen LogP contribution in [-0.2, 0) is 4.74 Å². The van der Waals surface area contributed by atoms with Gasteiger partial charge < -0.3 is 20.9 Å². The number of hydrogen-bond acceptors (Lipinski definition) is 4. The number of amides is 1. The molecule has 1 atom stereocenters. The van der Waals surface area contributed by atoms with E-state index >= 15 is 0 Å². The Labute approximate surface area is 110 Å². The summed E-state index contributed by atoms with van der Waals surface area (Å²) in [6.07, 6.45) is 0.512. The lowest BCUT2D eigenvalue weighted by Gasteiger charge is -2.20. The van der Waals surface area contributed by atoms with Gasteiger partial charge in [0, 0.05) is 19.6 Å². The number of ether oxygens (including phenoxy) is 1. The van der Waals surface area contributed by atoms with Gasteiger partial charge >= 0.3 is 0 Å². The van der Waals surface area contributed by atoms with Gasteiger partial charge in [-0.3, -0.25) is 4.79 Å². The van der Waals surface area contributed by atoms with Crippen molar-refractivity contribution in [1.29, 1.82) is 0 Å². The number of nitrogens with two attached hydrogens (primary N) is 1. The van der Waals surface area contributed by atoms with Gasteiger partial charge in [-0.1, -0.05) is 17.7 Å². The molecule has 1 amide bonds. The molecule has 0 bridgehead atoms. The summed E-state index contributed by atoms with van der Waals surface area (Å²) in [4.78, 5) is 11.9. The van der Waals surface area contributed by atoms with Gasteiger partial charge in [-0.2, -0.15) is 0 Å². The van der Waals surface area contributed by atoms with E-state index in [9.17, 15) is 9.90 Å². The van der Waals surface area contributed by atoms with Gasteiger partial charge in [0.15, 0.2) is 0 Å². The summed E-state index contributed by atoms with van der Waals surface area (Å²) in [5.74, 6) is -0.352. The van der Waals surface area contributed by atoms with Crippen LogP contribution < -0.4 is 11.1 Å². The molecular weight excluding hydrogens is 256 g/mol. The largest absolute Gasteiger partial charge is 0.397 e. The third-order valence-corrected chi connectivity index (χ3v) is 3.29. The number of nitrogens with one attached hydrogen (secondary N) is 1. The number of hydrogen-bond donors (Lipinski definition) is 3. The van der Waals surface area contributed by atoms with Gasteiger partial charge in [0.05, 0.1) is 22.9 Å². The van der Waals surface area contributed by atoms with Crippen molar-refractivity contribution in [3.8, 4) is 0 Å². The van der Waals surface area contributed by atoms with Crippen LogP contribution >= 0.6 is 11.6 Å². The zero-order valence-electron chi connectivity index (χ0n) is 9.78. The maximum atomic E-state index is 11.9. The Morgan fingerprint density at radius 2 is 2.39 bits per heavy atom. The van der Waals surface area contributed by atoms with Gasteiger partial charge in [0.1, 0.15) is 5.60 Å². The summed E-state index contributed by atoms with van der Waals surface area (Å²) in [7, 11) is 0. The normalized spacial score (nSPS) is 23.0.